The third kappa shape index (κ3) is 3.73. The van der Waals surface area contributed by atoms with Crippen LogP contribution in [-0.4, -0.2) is 26.3 Å². The van der Waals surface area contributed by atoms with Crippen molar-refractivity contribution in [1.29, 1.82) is 0 Å². The van der Waals surface area contributed by atoms with Gasteiger partial charge in [0.15, 0.2) is 0 Å². The van der Waals surface area contributed by atoms with E-state index in [4.69, 9.17) is 4.74 Å². The fourth-order valence-electron chi connectivity index (χ4n) is 1.52. The van der Waals surface area contributed by atoms with Gasteiger partial charge in [-0.05, 0) is 38.3 Å². The van der Waals surface area contributed by atoms with E-state index >= 15 is 0 Å². The second-order valence-electron chi connectivity index (χ2n) is 3.22. The maximum Gasteiger partial charge on any atom is 0.0469 e. The molecule has 0 radical (unpaired) electrons. The van der Waals surface area contributed by atoms with Crippen LogP contribution in [0.2, 0.25) is 0 Å². The summed E-state index contributed by atoms with van der Waals surface area (Å²) in [6.45, 7) is 6.38. The minimum Gasteiger partial charge on any atom is -0.381 e. The van der Waals surface area contributed by atoms with E-state index in [-0.39, 0.29) is 0 Å². The van der Waals surface area contributed by atoms with Gasteiger partial charge in [0, 0.05) is 13.2 Å². The lowest BCUT2D eigenvalue weighted by Gasteiger charge is -2.12. The second kappa shape index (κ2) is 5.56. The van der Waals surface area contributed by atoms with Gasteiger partial charge in [-0.15, -0.1) is 0 Å². The molecule has 11 heavy (non-hydrogen) atoms. The highest BCUT2D eigenvalue weighted by atomic mass is 16.5. The summed E-state index contributed by atoms with van der Waals surface area (Å²) in [4.78, 5) is 0. The third-order valence-corrected chi connectivity index (χ3v) is 2.25. The lowest BCUT2D eigenvalue weighted by atomic mass is 10.0. The van der Waals surface area contributed by atoms with Crippen LogP contribution in [0.3, 0.4) is 0 Å². The minimum atomic E-state index is 0.859. The lowest BCUT2D eigenvalue weighted by molar-refractivity contribution is 0.141. The average molecular weight is 157 g/mol. The first kappa shape index (κ1) is 9.01. The maximum atomic E-state index is 5.38. The van der Waals surface area contributed by atoms with Crippen molar-refractivity contribution in [3.05, 3.63) is 0 Å². The predicted molar refractivity (Wildman–Crippen MR) is 46.7 cm³/mol. The molecule has 0 bridgehead atoms. The van der Waals surface area contributed by atoms with E-state index in [1.165, 1.54) is 25.8 Å². The Hall–Kier alpha value is -0.0800. The van der Waals surface area contributed by atoms with Crippen LogP contribution < -0.4 is 5.32 Å². The first-order valence-electron chi connectivity index (χ1n) is 4.72. The van der Waals surface area contributed by atoms with Crippen molar-refractivity contribution in [3.8, 4) is 0 Å². The summed E-state index contributed by atoms with van der Waals surface area (Å²) < 4.78 is 5.38. The highest BCUT2D eigenvalue weighted by Gasteiger charge is 2.10. The third-order valence-electron chi connectivity index (χ3n) is 2.25. The zero-order valence-corrected chi connectivity index (χ0v) is 7.44. The van der Waals surface area contributed by atoms with Crippen LogP contribution in [0.1, 0.15) is 26.2 Å². The molecule has 0 aromatic heterocycles. The van der Waals surface area contributed by atoms with E-state index in [1.807, 2.05) is 0 Å². The van der Waals surface area contributed by atoms with Crippen LogP contribution in [0.4, 0.5) is 0 Å². The molecule has 0 amide bonds. The van der Waals surface area contributed by atoms with Crippen LogP contribution in [0, 0.1) is 5.92 Å². The molecule has 1 saturated heterocycles. The molecule has 1 unspecified atom stereocenters. The van der Waals surface area contributed by atoms with Crippen molar-refractivity contribution in [2.24, 2.45) is 5.92 Å². The van der Waals surface area contributed by atoms with Crippen LogP contribution in [-0.2, 0) is 4.74 Å². The molecular weight excluding hydrogens is 138 g/mol. The Morgan fingerprint density at radius 2 is 2.27 bits per heavy atom. The molecule has 1 fully saturated rings. The highest BCUT2D eigenvalue weighted by Crippen LogP contribution is 2.14. The van der Waals surface area contributed by atoms with E-state index in [2.05, 4.69) is 12.2 Å². The standard InChI is InChI=1S/C9H19NO/c1-2-10-8-9-4-3-6-11-7-5-9/h9-10H,2-8H2,1H3. The summed E-state index contributed by atoms with van der Waals surface area (Å²) in [7, 11) is 0. The van der Waals surface area contributed by atoms with Crippen molar-refractivity contribution in [3.63, 3.8) is 0 Å². The summed E-state index contributed by atoms with van der Waals surface area (Å²) >= 11 is 0. The summed E-state index contributed by atoms with van der Waals surface area (Å²) in [5.74, 6) is 0.859. The van der Waals surface area contributed by atoms with Gasteiger partial charge < -0.3 is 10.1 Å². The molecule has 1 aliphatic heterocycles. The van der Waals surface area contributed by atoms with Crippen molar-refractivity contribution >= 4 is 0 Å². The van der Waals surface area contributed by atoms with Gasteiger partial charge in [0.05, 0.1) is 0 Å². The van der Waals surface area contributed by atoms with Gasteiger partial charge >= 0.3 is 0 Å². The number of ether oxygens (including phenoxy) is 1. The molecule has 1 heterocycles. The first-order valence-corrected chi connectivity index (χ1v) is 4.72. The van der Waals surface area contributed by atoms with Crippen molar-refractivity contribution in [2.75, 3.05) is 26.3 Å². The molecule has 1 atom stereocenters. The topological polar surface area (TPSA) is 21.3 Å². The SMILES string of the molecule is CCNCC1CCCOCC1. The van der Waals surface area contributed by atoms with E-state index in [0.717, 1.165) is 25.7 Å². The number of hydrogen-bond donors (Lipinski definition) is 1. The fourth-order valence-corrected chi connectivity index (χ4v) is 1.52. The van der Waals surface area contributed by atoms with Crippen molar-refractivity contribution in [1.82, 2.24) is 5.32 Å². The van der Waals surface area contributed by atoms with Crippen LogP contribution in [0.25, 0.3) is 0 Å². The Morgan fingerprint density at radius 1 is 1.36 bits per heavy atom. The maximum absolute atomic E-state index is 5.38. The summed E-state index contributed by atoms with van der Waals surface area (Å²) in [5.41, 5.74) is 0. The first-order chi connectivity index (χ1) is 5.43. The van der Waals surface area contributed by atoms with Gasteiger partial charge in [0.2, 0.25) is 0 Å². The van der Waals surface area contributed by atoms with Crippen molar-refractivity contribution in [2.45, 2.75) is 26.2 Å². The molecule has 1 rings (SSSR count). The second-order valence-corrected chi connectivity index (χ2v) is 3.22. The lowest BCUT2D eigenvalue weighted by Crippen LogP contribution is -2.22. The number of rotatable bonds is 3. The van der Waals surface area contributed by atoms with Gasteiger partial charge in [-0.3, -0.25) is 0 Å². The van der Waals surface area contributed by atoms with Gasteiger partial charge in [0.25, 0.3) is 0 Å². The van der Waals surface area contributed by atoms with Crippen molar-refractivity contribution < 1.29 is 4.74 Å². The molecule has 2 heteroatoms. The predicted octanol–water partition coefficient (Wildman–Crippen LogP) is 1.41. The Kier molecular flexibility index (Phi) is 4.55. The fraction of sp³-hybridized carbons (Fsp3) is 1.00. The van der Waals surface area contributed by atoms with E-state index in [9.17, 15) is 0 Å². The quantitative estimate of drug-likeness (QED) is 0.669. The zero-order chi connectivity index (χ0) is 7.94. The molecule has 0 spiro atoms. The van der Waals surface area contributed by atoms with Gasteiger partial charge in [-0.1, -0.05) is 6.92 Å². The van der Waals surface area contributed by atoms with Crippen LogP contribution >= 0.6 is 0 Å². The minimum absolute atomic E-state index is 0.859. The molecule has 0 aromatic carbocycles. The molecule has 1 N–H and O–H groups in total. The molecule has 66 valence electrons. The average Bonchev–Trinajstić information content (AvgIpc) is 2.28. The highest BCUT2D eigenvalue weighted by molar-refractivity contribution is 4.64. The largest absolute Gasteiger partial charge is 0.381 e. The Balaban J connectivity index is 2.09. The Morgan fingerprint density at radius 3 is 3.09 bits per heavy atom. The molecule has 0 aliphatic carbocycles. The monoisotopic (exact) mass is 157 g/mol. The summed E-state index contributed by atoms with van der Waals surface area (Å²) in [6, 6.07) is 0. The molecule has 0 aromatic rings. The van der Waals surface area contributed by atoms with E-state index in [1.54, 1.807) is 0 Å². The van der Waals surface area contributed by atoms with E-state index < -0.39 is 0 Å². The molecule has 1 aliphatic rings. The molecule has 0 saturated carbocycles. The molecule has 2 nitrogen and oxygen atoms in total. The smallest absolute Gasteiger partial charge is 0.0469 e. The normalized spacial score (nSPS) is 26.5. The number of hydrogen-bond acceptors (Lipinski definition) is 2. The summed E-state index contributed by atoms with van der Waals surface area (Å²) in [5, 5.41) is 3.39. The van der Waals surface area contributed by atoms with Crippen LogP contribution in [0.5, 0.6) is 0 Å². The van der Waals surface area contributed by atoms with Gasteiger partial charge in [-0.2, -0.15) is 0 Å². The Labute approximate surface area is 69.3 Å². The molecular formula is C9H19NO. The van der Waals surface area contributed by atoms with Gasteiger partial charge in [0.1, 0.15) is 0 Å². The van der Waals surface area contributed by atoms with E-state index in [0.29, 0.717) is 0 Å². The summed E-state index contributed by atoms with van der Waals surface area (Å²) in [6.07, 6.45) is 3.83. The Bertz CT molecular complexity index is 87.6. The van der Waals surface area contributed by atoms with Gasteiger partial charge in [-0.25, -0.2) is 0 Å². The zero-order valence-electron chi connectivity index (χ0n) is 7.44. The number of nitrogens with one attached hydrogen (secondary N) is 1. The van der Waals surface area contributed by atoms with Crippen LogP contribution in [0.15, 0.2) is 0 Å².